The first kappa shape index (κ1) is 18.2. The molecule has 2 fully saturated rings. The number of nitrogens with zero attached hydrogens (tertiary/aromatic N) is 2. The molecular weight excluding hydrogens is 320 g/mol. The predicted octanol–water partition coefficient (Wildman–Crippen LogP) is 1.06. The van der Waals surface area contributed by atoms with Crippen LogP contribution >= 0.6 is 0 Å². The Kier molecular flexibility index (Phi) is 6.29. The number of piperazine rings is 1. The number of β-amino-alcohol motifs (C(OH)–C–C–N with tert-alkyl or cyclic N) is 1. The summed E-state index contributed by atoms with van der Waals surface area (Å²) in [7, 11) is 0. The van der Waals surface area contributed by atoms with Crippen molar-refractivity contribution in [2.24, 2.45) is 0 Å². The van der Waals surface area contributed by atoms with Gasteiger partial charge in [0.2, 0.25) is 0 Å². The summed E-state index contributed by atoms with van der Waals surface area (Å²) in [6, 6.07) is 7.81. The summed E-state index contributed by atoms with van der Waals surface area (Å²) in [6.45, 7) is 6.52. The van der Waals surface area contributed by atoms with Gasteiger partial charge in [-0.25, -0.2) is 0 Å². The Morgan fingerprint density at radius 2 is 2.00 bits per heavy atom. The Bertz CT molecular complexity index is 549. The topological polar surface area (TPSA) is 62.2 Å². The number of carbonyl (C=O) groups is 1. The van der Waals surface area contributed by atoms with Crippen LogP contribution in [0.2, 0.25) is 0 Å². The van der Waals surface area contributed by atoms with Crippen molar-refractivity contribution in [3.63, 3.8) is 0 Å². The lowest BCUT2D eigenvalue weighted by molar-refractivity contribution is -0.142. The van der Waals surface area contributed by atoms with Gasteiger partial charge in [-0.05, 0) is 31.9 Å². The lowest BCUT2D eigenvalue weighted by Gasteiger charge is -2.36. The molecule has 0 unspecified atom stereocenters. The van der Waals surface area contributed by atoms with Crippen LogP contribution < -0.4 is 4.74 Å². The van der Waals surface area contributed by atoms with E-state index in [1.807, 2.05) is 36.1 Å². The first-order valence-corrected chi connectivity index (χ1v) is 9.12. The number of aliphatic hydroxyl groups excluding tert-OH is 1. The zero-order chi connectivity index (χ0) is 17.6. The second kappa shape index (κ2) is 8.65. The highest BCUT2D eigenvalue weighted by Crippen LogP contribution is 2.16. The van der Waals surface area contributed by atoms with E-state index in [1.165, 1.54) is 5.56 Å². The van der Waals surface area contributed by atoms with Crippen molar-refractivity contribution in [3.8, 4) is 5.75 Å². The fraction of sp³-hybridized carbons (Fsp3) is 0.632. The molecule has 0 aliphatic carbocycles. The minimum Gasteiger partial charge on any atom is -0.491 e. The Morgan fingerprint density at radius 3 is 2.64 bits per heavy atom. The molecule has 0 spiro atoms. The number of hydrogen-bond acceptors (Lipinski definition) is 5. The van der Waals surface area contributed by atoms with Crippen molar-refractivity contribution < 1.29 is 19.4 Å². The lowest BCUT2D eigenvalue weighted by Crippen LogP contribution is -2.53. The van der Waals surface area contributed by atoms with E-state index >= 15 is 0 Å². The summed E-state index contributed by atoms with van der Waals surface area (Å²) in [4.78, 5) is 16.4. The molecule has 0 bridgehead atoms. The highest BCUT2D eigenvalue weighted by Gasteiger charge is 2.30. The molecule has 6 heteroatoms. The van der Waals surface area contributed by atoms with E-state index in [1.54, 1.807) is 0 Å². The number of carbonyl (C=O) groups excluding carboxylic acids is 1. The average molecular weight is 348 g/mol. The van der Waals surface area contributed by atoms with Gasteiger partial charge in [-0.3, -0.25) is 9.69 Å². The van der Waals surface area contributed by atoms with Gasteiger partial charge in [-0.2, -0.15) is 0 Å². The van der Waals surface area contributed by atoms with Crippen LogP contribution in [-0.2, 0) is 9.53 Å². The number of amides is 1. The maximum Gasteiger partial charge on any atom is 0.251 e. The van der Waals surface area contributed by atoms with E-state index < -0.39 is 6.10 Å². The molecule has 25 heavy (non-hydrogen) atoms. The number of aryl methyl sites for hydroxylation is 1. The molecule has 1 aromatic rings. The summed E-state index contributed by atoms with van der Waals surface area (Å²) < 4.78 is 11.1. The van der Waals surface area contributed by atoms with Crippen LogP contribution in [0.15, 0.2) is 24.3 Å². The molecule has 2 atom stereocenters. The minimum atomic E-state index is -0.540. The minimum absolute atomic E-state index is 0.125. The predicted molar refractivity (Wildman–Crippen MR) is 94.7 cm³/mol. The molecule has 1 aromatic carbocycles. The average Bonchev–Trinajstić information content (AvgIpc) is 3.16. The molecule has 3 rings (SSSR count). The van der Waals surface area contributed by atoms with Crippen molar-refractivity contribution in [2.45, 2.75) is 32.0 Å². The van der Waals surface area contributed by atoms with Gasteiger partial charge in [0, 0.05) is 39.3 Å². The molecule has 0 radical (unpaired) electrons. The van der Waals surface area contributed by atoms with E-state index in [-0.39, 0.29) is 18.6 Å². The van der Waals surface area contributed by atoms with E-state index in [0.29, 0.717) is 26.2 Å². The van der Waals surface area contributed by atoms with Crippen LogP contribution in [0.5, 0.6) is 5.75 Å². The first-order chi connectivity index (χ1) is 12.1. The van der Waals surface area contributed by atoms with Crippen LogP contribution in [-0.4, -0.2) is 79.0 Å². The molecule has 138 valence electrons. The van der Waals surface area contributed by atoms with E-state index in [2.05, 4.69) is 4.90 Å². The van der Waals surface area contributed by atoms with Crippen LogP contribution in [0.4, 0.5) is 0 Å². The van der Waals surface area contributed by atoms with Crippen LogP contribution in [0.25, 0.3) is 0 Å². The summed E-state index contributed by atoms with van der Waals surface area (Å²) >= 11 is 0. The summed E-state index contributed by atoms with van der Waals surface area (Å²) in [5.41, 5.74) is 1.18. The number of aliphatic hydroxyl groups is 1. The Balaban J connectivity index is 1.36. The van der Waals surface area contributed by atoms with Crippen LogP contribution in [0, 0.1) is 6.92 Å². The third kappa shape index (κ3) is 5.17. The van der Waals surface area contributed by atoms with Gasteiger partial charge >= 0.3 is 0 Å². The van der Waals surface area contributed by atoms with Crippen LogP contribution in [0.3, 0.4) is 0 Å². The van der Waals surface area contributed by atoms with Crippen LogP contribution in [0.1, 0.15) is 18.4 Å². The van der Waals surface area contributed by atoms with Gasteiger partial charge < -0.3 is 19.5 Å². The van der Waals surface area contributed by atoms with Gasteiger partial charge in [0.25, 0.3) is 5.91 Å². The molecule has 1 amide bonds. The third-order valence-corrected chi connectivity index (χ3v) is 4.82. The zero-order valence-electron chi connectivity index (χ0n) is 14.9. The molecule has 1 N–H and O–H groups in total. The fourth-order valence-corrected chi connectivity index (χ4v) is 3.30. The fourth-order valence-electron chi connectivity index (χ4n) is 3.30. The Labute approximate surface area is 149 Å². The quantitative estimate of drug-likeness (QED) is 0.833. The molecule has 0 saturated carbocycles. The van der Waals surface area contributed by atoms with E-state index in [4.69, 9.17) is 9.47 Å². The number of rotatable bonds is 6. The SMILES string of the molecule is Cc1ccc(OC[C@H](O)CN2CCN(C(=O)[C@@H]3CCCO3)CC2)cc1. The first-order valence-electron chi connectivity index (χ1n) is 9.12. The maximum atomic E-state index is 12.3. The second-order valence-electron chi connectivity index (χ2n) is 6.91. The van der Waals surface area contributed by atoms with Crippen molar-refractivity contribution in [1.82, 2.24) is 9.80 Å². The molecule has 2 saturated heterocycles. The molecule has 6 nitrogen and oxygen atoms in total. The lowest BCUT2D eigenvalue weighted by atomic mass is 10.2. The maximum absolute atomic E-state index is 12.3. The monoisotopic (exact) mass is 348 g/mol. The molecule has 2 aliphatic heterocycles. The second-order valence-corrected chi connectivity index (χ2v) is 6.91. The van der Waals surface area contributed by atoms with Gasteiger partial charge in [0.15, 0.2) is 0 Å². The molecular formula is C19H28N2O4. The van der Waals surface area contributed by atoms with Gasteiger partial charge in [-0.1, -0.05) is 17.7 Å². The van der Waals surface area contributed by atoms with Crippen molar-refractivity contribution in [2.75, 3.05) is 45.9 Å². The van der Waals surface area contributed by atoms with Gasteiger partial charge in [0.1, 0.15) is 24.6 Å². The number of benzene rings is 1. The van der Waals surface area contributed by atoms with E-state index in [0.717, 1.165) is 31.7 Å². The van der Waals surface area contributed by atoms with Gasteiger partial charge in [-0.15, -0.1) is 0 Å². The highest BCUT2D eigenvalue weighted by atomic mass is 16.5. The van der Waals surface area contributed by atoms with Gasteiger partial charge in [0.05, 0.1) is 0 Å². The Hall–Kier alpha value is -1.63. The molecule has 2 aliphatic rings. The Morgan fingerprint density at radius 1 is 1.28 bits per heavy atom. The molecule has 0 aromatic heterocycles. The van der Waals surface area contributed by atoms with E-state index in [9.17, 15) is 9.90 Å². The standard InChI is InChI=1S/C19H28N2O4/c1-15-4-6-17(7-5-15)25-14-16(22)13-20-8-10-21(11-9-20)19(23)18-3-2-12-24-18/h4-7,16,18,22H,2-3,8-14H2,1H3/t16-,18+/m1/s1. The normalized spacial score (nSPS) is 22.8. The number of ether oxygens (including phenoxy) is 2. The largest absolute Gasteiger partial charge is 0.491 e. The molecule has 2 heterocycles. The summed E-state index contributed by atoms with van der Waals surface area (Å²) in [5.74, 6) is 0.900. The third-order valence-electron chi connectivity index (χ3n) is 4.82. The highest BCUT2D eigenvalue weighted by molar-refractivity contribution is 5.81. The zero-order valence-corrected chi connectivity index (χ0v) is 14.9. The number of hydrogen-bond donors (Lipinski definition) is 1. The smallest absolute Gasteiger partial charge is 0.251 e. The van der Waals surface area contributed by atoms with Crippen molar-refractivity contribution >= 4 is 5.91 Å². The summed E-state index contributed by atoms with van der Waals surface area (Å²) in [6.07, 6.45) is 1.04. The van der Waals surface area contributed by atoms with Crippen molar-refractivity contribution in [1.29, 1.82) is 0 Å². The summed E-state index contributed by atoms with van der Waals surface area (Å²) in [5, 5.41) is 10.2. The van der Waals surface area contributed by atoms with Crippen molar-refractivity contribution in [3.05, 3.63) is 29.8 Å².